The Balaban J connectivity index is 1.52. The number of amidine groups is 1. The van der Waals surface area contributed by atoms with E-state index in [1.54, 1.807) is 6.07 Å². The van der Waals surface area contributed by atoms with E-state index in [4.69, 9.17) is 21.1 Å². The van der Waals surface area contributed by atoms with Gasteiger partial charge in [0.25, 0.3) is 5.91 Å². The SMILES string of the molecule is CCc1nc2cc(OC)c(Cl)cn2c1C(=O)NCc1ccc(N2CCN(S(=O)(=O)C(F)(F)F)C(OC)=N2)c(F)c1. The number of amides is 1. The van der Waals surface area contributed by atoms with Crippen LogP contribution in [-0.4, -0.2) is 66.9 Å². The second kappa shape index (κ2) is 11.0. The number of halogens is 5. The number of benzene rings is 1. The van der Waals surface area contributed by atoms with Crippen LogP contribution in [0, 0.1) is 5.82 Å². The second-order valence-electron chi connectivity index (χ2n) is 8.38. The number of hydrogen-bond acceptors (Lipinski definition) is 8. The first kappa shape index (κ1) is 29.2. The van der Waals surface area contributed by atoms with Gasteiger partial charge in [-0.2, -0.15) is 21.6 Å². The predicted octanol–water partition coefficient (Wildman–Crippen LogP) is 3.52. The quantitative estimate of drug-likeness (QED) is 0.409. The zero-order chi connectivity index (χ0) is 29.4. The fourth-order valence-corrected chi connectivity index (χ4v) is 5.14. The van der Waals surface area contributed by atoms with Crippen LogP contribution < -0.4 is 15.1 Å². The van der Waals surface area contributed by atoms with E-state index in [1.807, 2.05) is 6.92 Å². The van der Waals surface area contributed by atoms with E-state index in [9.17, 15) is 26.4 Å². The van der Waals surface area contributed by atoms with E-state index < -0.39 is 39.8 Å². The Kier molecular flexibility index (Phi) is 8.03. The molecule has 11 nitrogen and oxygen atoms in total. The number of nitrogens with one attached hydrogen (secondary N) is 1. The number of sulfonamides is 1. The third kappa shape index (κ3) is 5.32. The molecule has 0 atom stereocenters. The third-order valence-electron chi connectivity index (χ3n) is 5.96. The fourth-order valence-electron chi connectivity index (χ4n) is 4.02. The molecule has 2 aromatic heterocycles. The number of fused-ring (bicyclic) bond motifs is 1. The van der Waals surface area contributed by atoms with Gasteiger partial charge in [-0.05, 0) is 24.1 Å². The van der Waals surface area contributed by atoms with Crippen molar-refractivity contribution in [3.63, 3.8) is 0 Å². The molecule has 1 aliphatic heterocycles. The van der Waals surface area contributed by atoms with Gasteiger partial charge in [-0.25, -0.2) is 13.7 Å². The summed E-state index contributed by atoms with van der Waals surface area (Å²) < 4.78 is 89.0. The molecule has 40 heavy (non-hydrogen) atoms. The molecule has 0 fully saturated rings. The molecular weight excluding hydrogens is 584 g/mol. The van der Waals surface area contributed by atoms with E-state index >= 15 is 4.39 Å². The van der Waals surface area contributed by atoms with Crippen LogP contribution in [0.4, 0.5) is 23.2 Å². The van der Waals surface area contributed by atoms with Crippen molar-refractivity contribution in [3.05, 3.63) is 58.3 Å². The number of carbonyl (C=O) groups excluding carboxylic acids is 1. The number of pyridine rings is 1. The summed E-state index contributed by atoms with van der Waals surface area (Å²) in [5, 5.41) is 7.71. The number of anilines is 1. The first-order valence-corrected chi connectivity index (χ1v) is 13.4. The van der Waals surface area contributed by atoms with Crippen LogP contribution in [0.2, 0.25) is 5.02 Å². The number of carbonyl (C=O) groups is 1. The maximum Gasteiger partial charge on any atom is 0.516 e. The lowest BCUT2D eigenvalue weighted by Gasteiger charge is -2.32. The lowest BCUT2D eigenvalue weighted by molar-refractivity contribution is -0.0477. The first-order chi connectivity index (χ1) is 18.8. The van der Waals surface area contributed by atoms with E-state index in [0.717, 1.165) is 18.2 Å². The van der Waals surface area contributed by atoms with Crippen molar-refractivity contribution >= 4 is 44.9 Å². The molecule has 3 aromatic rings. The number of hydrogen-bond donors (Lipinski definition) is 1. The molecule has 1 aliphatic rings. The Labute approximate surface area is 231 Å². The van der Waals surface area contributed by atoms with Crippen molar-refractivity contribution < 1.29 is 40.2 Å². The highest BCUT2D eigenvalue weighted by atomic mass is 35.5. The topological polar surface area (TPSA) is 118 Å². The van der Waals surface area contributed by atoms with Crippen LogP contribution in [-0.2, 0) is 27.7 Å². The molecule has 0 aliphatic carbocycles. The van der Waals surface area contributed by atoms with Gasteiger partial charge in [-0.1, -0.05) is 24.6 Å². The van der Waals surface area contributed by atoms with Gasteiger partial charge in [0, 0.05) is 18.8 Å². The van der Waals surface area contributed by atoms with E-state index in [2.05, 4.69) is 15.4 Å². The average molecular weight is 607 g/mol. The van der Waals surface area contributed by atoms with Crippen LogP contribution in [0.5, 0.6) is 5.75 Å². The minimum atomic E-state index is -5.75. The van der Waals surface area contributed by atoms with Gasteiger partial charge in [0.1, 0.15) is 22.9 Å². The summed E-state index contributed by atoms with van der Waals surface area (Å²) in [5.41, 5.74) is -4.10. The highest BCUT2D eigenvalue weighted by Crippen LogP contribution is 2.31. The number of aromatic nitrogens is 2. The summed E-state index contributed by atoms with van der Waals surface area (Å²) in [6.07, 6.45) is 1.97. The summed E-state index contributed by atoms with van der Waals surface area (Å²) in [6, 6.07) is 4.64. The fraction of sp³-hybridized carbons (Fsp3) is 0.348. The molecule has 0 saturated heterocycles. The number of ether oxygens (including phenoxy) is 2. The number of hydrazone groups is 1. The molecule has 0 bridgehead atoms. The normalized spacial score (nSPS) is 14.3. The molecule has 1 N–H and O–H groups in total. The molecule has 0 spiro atoms. The monoisotopic (exact) mass is 606 g/mol. The summed E-state index contributed by atoms with van der Waals surface area (Å²) >= 11 is 6.22. The van der Waals surface area contributed by atoms with Crippen molar-refractivity contribution in [1.29, 1.82) is 0 Å². The van der Waals surface area contributed by atoms with Gasteiger partial charge < -0.3 is 14.8 Å². The largest absolute Gasteiger partial charge is 0.516 e. The van der Waals surface area contributed by atoms with Crippen LogP contribution in [0.1, 0.15) is 28.7 Å². The molecule has 1 aromatic carbocycles. The van der Waals surface area contributed by atoms with Crippen molar-refractivity contribution in [2.75, 3.05) is 32.3 Å². The van der Waals surface area contributed by atoms with Crippen molar-refractivity contribution in [3.8, 4) is 5.75 Å². The van der Waals surface area contributed by atoms with Crippen molar-refractivity contribution in [1.82, 2.24) is 19.0 Å². The van der Waals surface area contributed by atoms with E-state index in [-0.39, 0.29) is 33.8 Å². The number of alkyl halides is 3. The number of nitrogens with zero attached hydrogens (tertiary/aromatic N) is 5. The van der Waals surface area contributed by atoms with Crippen LogP contribution in [0.15, 0.2) is 35.6 Å². The van der Waals surface area contributed by atoms with Crippen molar-refractivity contribution in [2.45, 2.75) is 25.4 Å². The highest BCUT2D eigenvalue weighted by molar-refractivity contribution is 7.90. The lowest BCUT2D eigenvalue weighted by atomic mass is 10.1. The van der Waals surface area contributed by atoms with Gasteiger partial charge in [0.05, 0.1) is 43.7 Å². The molecule has 1 amide bonds. The van der Waals surface area contributed by atoms with Gasteiger partial charge in [-0.15, -0.1) is 5.10 Å². The van der Waals surface area contributed by atoms with Crippen molar-refractivity contribution in [2.24, 2.45) is 5.10 Å². The molecule has 216 valence electrons. The Hall–Kier alpha value is -3.79. The van der Waals surface area contributed by atoms with Crippen LogP contribution in [0.25, 0.3) is 5.65 Å². The smallest absolute Gasteiger partial charge is 0.495 e. The molecule has 0 unspecified atom stereocenters. The standard InChI is InChI=1S/C23H23ClF4N6O5S/c1-4-16-20(32-12-14(24)18(38-2)10-19(32)30-16)21(35)29-11-13-5-6-17(15(25)9-13)33-7-8-34(22(31-33)39-3)40(36,37)23(26,27)28/h5-6,9-10,12H,4,7-8,11H2,1-3H3,(H,29,35). The Morgan fingerprint density at radius 1 is 1.18 bits per heavy atom. The molecule has 0 radical (unpaired) electrons. The maximum atomic E-state index is 15.0. The highest BCUT2D eigenvalue weighted by Gasteiger charge is 2.52. The Morgan fingerprint density at radius 3 is 2.50 bits per heavy atom. The van der Waals surface area contributed by atoms with Gasteiger partial charge in [0.2, 0.25) is 0 Å². The predicted molar refractivity (Wildman–Crippen MR) is 137 cm³/mol. The van der Waals surface area contributed by atoms with Gasteiger partial charge >= 0.3 is 21.6 Å². The van der Waals surface area contributed by atoms with Gasteiger partial charge in [0.15, 0.2) is 0 Å². The Morgan fingerprint density at radius 2 is 1.90 bits per heavy atom. The zero-order valence-corrected chi connectivity index (χ0v) is 22.9. The van der Waals surface area contributed by atoms with Crippen LogP contribution >= 0.6 is 11.6 Å². The molecule has 0 saturated carbocycles. The number of imidazole rings is 1. The van der Waals surface area contributed by atoms with E-state index in [0.29, 0.717) is 29.1 Å². The Bertz CT molecular complexity index is 1590. The number of aryl methyl sites for hydroxylation is 1. The lowest BCUT2D eigenvalue weighted by Crippen LogP contribution is -2.51. The molecular formula is C23H23ClF4N6O5S. The second-order valence-corrected chi connectivity index (χ2v) is 10.6. The molecule has 4 rings (SSSR count). The van der Waals surface area contributed by atoms with Gasteiger partial charge in [-0.3, -0.25) is 14.2 Å². The average Bonchev–Trinajstić information content (AvgIpc) is 3.27. The summed E-state index contributed by atoms with van der Waals surface area (Å²) in [4.78, 5) is 17.5. The first-order valence-electron chi connectivity index (χ1n) is 11.6. The summed E-state index contributed by atoms with van der Waals surface area (Å²) in [5.74, 6) is -0.887. The third-order valence-corrected chi connectivity index (χ3v) is 7.75. The molecule has 3 heterocycles. The van der Waals surface area contributed by atoms with Crippen LogP contribution in [0.3, 0.4) is 0 Å². The number of rotatable bonds is 7. The summed E-state index contributed by atoms with van der Waals surface area (Å²) in [6.45, 7) is 0.707. The zero-order valence-electron chi connectivity index (χ0n) is 21.3. The minimum absolute atomic E-state index is 0.0285. The summed E-state index contributed by atoms with van der Waals surface area (Å²) in [7, 11) is -3.34. The minimum Gasteiger partial charge on any atom is -0.495 e. The van der Waals surface area contributed by atoms with E-state index in [1.165, 1.54) is 29.8 Å². The molecule has 17 heteroatoms. The maximum absolute atomic E-state index is 15.0. The number of methoxy groups -OCH3 is 2.